The van der Waals surface area contributed by atoms with Gasteiger partial charge >= 0.3 is 11.8 Å². The van der Waals surface area contributed by atoms with Crippen LogP contribution in [0.1, 0.15) is 26.7 Å². The number of likely N-dealkylation sites (tertiary alicyclic amines) is 2. The Kier molecular flexibility index (Phi) is 4.16. The van der Waals surface area contributed by atoms with Gasteiger partial charge in [-0.15, -0.1) is 0 Å². The van der Waals surface area contributed by atoms with Gasteiger partial charge in [-0.1, -0.05) is 24.1 Å². The Hall–Kier alpha value is -2.44. The highest BCUT2D eigenvalue weighted by Gasteiger charge is 2.49. The summed E-state index contributed by atoms with van der Waals surface area (Å²) in [7, 11) is 0. The van der Waals surface area contributed by atoms with Gasteiger partial charge in [0.2, 0.25) is 0 Å². The molecule has 2 aliphatic heterocycles. The lowest BCUT2D eigenvalue weighted by molar-refractivity contribution is -0.160. The third kappa shape index (κ3) is 2.54. The van der Waals surface area contributed by atoms with Crippen molar-refractivity contribution in [3.8, 4) is 0 Å². The second kappa shape index (κ2) is 5.75. The van der Waals surface area contributed by atoms with Gasteiger partial charge in [-0.05, 0) is 23.9 Å². The smallest absolute Gasteiger partial charge is 0.312 e. The fraction of sp³-hybridized carbons (Fsp3) is 0.833. The normalized spacial score (nSPS) is 20.8. The summed E-state index contributed by atoms with van der Waals surface area (Å²) >= 11 is 0. The molecule has 118 valence electrons. The van der Waals surface area contributed by atoms with Crippen molar-refractivity contribution in [3.63, 3.8) is 0 Å². The largest absolute Gasteiger partial charge is 0.333 e. The van der Waals surface area contributed by atoms with E-state index >= 15 is 0 Å². The molecule has 0 aromatic rings. The van der Waals surface area contributed by atoms with Crippen molar-refractivity contribution in [3.05, 3.63) is 20.9 Å². The number of carbonyl (C=O) groups is 2. The molecule has 0 aliphatic carbocycles. The van der Waals surface area contributed by atoms with Crippen LogP contribution in [0.15, 0.2) is 10.2 Å². The SMILES string of the molecule is CCC1(N=[N+]=[N-])CN(C(=O)C(=O)N2CC(CC)(N=[N+]=[N-])C2)C1. The predicted octanol–water partition coefficient (Wildman–Crippen LogP) is 1.59. The van der Waals surface area contributed by atoms with Crippen molar-refractivity contribution in [2.24, 2.45) is 10.2 Å². The van der Waals surface area contributed by atoms with E-state index in [1.807, 2.05) is 13.8 Å². The third-order valence-electron chi connectivity index (χ3n) is 4.53. The Morgan fingerprint density at radius 2 is 1.23 bits per heavy atom. The molecule has 22 heavy (non-hydrogen) atoms. The van der Waals surface area contributed by atoms with Gasteiger partial charge in [0.25, 0.3) is 0 Å². The summed E-state index contributed by atoms with van der Waals surface area (Å²) in [6.07, 6.45) is 1.24. The summed E-state index contributed by atoms with van der Waals surface area (Å²) < 4.78 is 0. The van der Waals surface area contributed by atoms with E-state index in [-0.39, 0.29) is 26.2 Å². The van der Waals surface area contributed by atoms with Crippen molar-refractivity contribution in [2.45, 2.75) is 37.8 Å². The van der Waals surface area contributed by atoms with Gasteiger partial charge in [0.1, 0.15) is 0 Å². The number of nitrogens with zero attached hydrogens (tertiary/aromatic N) is 8. The Morgan fingerprint density at radius 1 is 0.909 bits per heavy atom. The lowest BCUT2D eigenvalue weighted by Crippen LogP contribution is -2.68. The predicted molar refractivity (Wildman–Crippen MR) is 77.5 cm³/mol. The van der Waals surface area contributed by atoms with E-state index in [1.165, 1.54) is 9.80 Å². The van der Waals surface area contributed by atoms with Crippen molar-refractivity contribution >= 4 is 11.8 Å². The number of azide groups is 2. The van der Waals surface area contributed by atoms with Crippen LogP contribution in [0, 0.1) is 0 Å². The molecule has 0 spiro atoms. The molecule has 0 unspecified atom stereocenters. The van der Waals surface area contributed by atoms with Crippen molar-refractivity contribution in [2.75, 3.05) is 26.2 Å². The lowest BCUT2D eigenvalue weighted by atomic mass is 9.86. The molecule has 2 rings (SSSR count). The van der Waals surface area contributed by atoms with Crippen LogP contribution in [0.2, 0.25) is 0 Å². The quantitative estimate of drug-likeness (QED) is 0.337. The van der Waals surface area contributed by atoms with Crippen LogP contribution in [-0.2, 0) is 9.59 Å². The van der Waals surface area contributed by atoms with Crippen LogP contribution in [-0.4, -0.2) is 58.9 Å². The number of hydrogen-bond acceptors (Lipinski definition) is 4. The molecule has 2 amide bonds. The molecule has 0 bridgehead atoms. The average molecular weight is 306 g/mol. The maximum absolute atomic E-state index is 12.1. The summed E-state index contributed by atoms with van der Waals surface area (Å²) in [5.74, 6) is -1.19. The Morgan fingerprint density at radius 3 is 1.45 bits per heavy atom. The first-order valence-electron chi connectivity index (χ1n) is 7.15. The van der Waals surface area contributed by atoms with E-state index < -0.39 is 22.9 Å². The molecule has 2 aliphatic rings. The molecule has 0 aromatic heterocycles. The van der Waals surface area contributed by atoms with Crippen LogP contribution in [0.5, 0.6) is 0 Å². The molecule has 0 saturated carbocycles. The molecule has 0 N–H and O–H groups in total. The summed E-state index contributed by atoms with van der Waals surface area (Å²) in [6.45, 7) is 4.82. The van der Waals surface area contributed by atoms with E-state index in [9.17, 15) is 9.59 Å². The number of rotatable bonds is 4. The van der Waals surface area contributed by atoms with Gasteiger partial charge < -0.3 is 9.80 Å². The highest BCUT2D eigenvalue weighted by Crippen LogP contribution is 2.32. The number of hydrogen-bond donors (Lipinski definition) is 0. The molecule has 0 radical (unpaired) electrons. The van der Waals surface area contributed by atoms with E-state index in [2.05, 4.69) is 20.1 Å². The maximum atomic E-state index is 12.1. The van der Waals surface area contributed by atoms with Crippen LogP contribution in [0.3, 0.4) is 0 Å². The van der Waals surface area contributed by atoms with Crippen molar-refractivity contribution < 1.29 is 9.59 Å². The van der Waals surface area contributed by atoms with Crippen LogP contribution in [0.4, 0.5) is 0 Å². The highest BCUT2D eigenvalue weighted by molar-refractivity contribution is 6.35. The van der Waals surface area contributed by atoms with Crippen LogP contribution < -0.4 is 0 Å². The van der Waals surface area contributed by atoms with Crippen molar-refractivity contribution in [1.29, 1.82) is 0 Å². The Labute approximate surface area is 127 Å². The first-order chi connectivity index (χ1) is 10.4. The molecular formula is C12H18N8O2. The van der Waals surface area contributed by atoms with Gasteiger partial charge in [-0.2, -0.15) is 0 Å². The highest BCUT2D eigenvalue weighted by atomic mass is 16.2. The topological polar surface area (TPSA) is 138 Å². The standard InChI is InChI=1S/C12H18N8O2/c1-3-11(15-17-13)5-19(6-11)9(21)10(22)20-7-12(4-2,8-20)16-18-14/h3-8H2,1-2H3. The minimum absolute atomic E-state index is 0.265. The summed E-state index contributed by atoms with van der Waals surface area (Å²) in [5, 5.41) is 7.44. The molecule has 2 saturated heterocycles. The third-order valence-corrected chi connectivity index (χ3v) is 4.53. The minimum Gasteiger partial charge on any atom is -0.333 e. The second-order valence-corrected chi connectivity index (χ2v) is 5.86. The maximum Gasteiger partial charge on any atom is 0.312 e. The minimum atomic E-state index is -0.595. The van der Waals surface area contributed by atoms with Gasteiger partial charge in [-0.3, -0.25) is 9.59 Å². The lowest BCUT2D eigenvalue weighted by Gasteiger charge is -2.49. The van der Waals surface area contributed by atoms with E-state index in [0.717, 1.165) is 0 Å². The molecule has 0 aromatic carbocycles. The zero-order valence-electron chi connectivity index (χ0n) is 12.6. The van der Waals surface area contributed by atoms with Gasteiger partial charge in [-0.25, -0.2) is 0 Å². The molecule has 10 heteroatoms. The summed E-state index contributed by atoms with van der Waals surface area (Å²) in [5.41, 5.74) is 15.9. The molecule has 2 fully saturated rings. The zero-order valence-corrected chi connectivity index (χ0v) is 12.6. The molecule has 0 atom stereocenters. The average Bonchev–Trinajstić information content (AvgIpc) is 2.44. The first-order valence-corrected chi connectivity index (χ1v) is 7.15. The van der Waals surface area contributed by atoms with Crippen LogP contribution in [0.25, 0.3) is 20.9 Å². The van der Waals surface area contributed by atoms with Gasteiger partial charge in [0, 0.05) is 36.0 Å². The van der Waals surface area contributed by atoms with Crippen molar-refractivity contribution in [1.82, 2.24) is 9.80 Å². The van der Waals surface area contributed by atoms with Crippen LogP contribution >= 0.6 is 0 Å². The van der Waals surface area contributed by atoms with E-state index in [0.29, 0.717) is 12.8 Å². The second-order valence-electron chi connectivity index (χ2n) is 5.86. The van der Waals surface area contributed by atoms with E-state index in [4.69, 9.17) is 11.1 Å². The zero-order chi connectivity index (χ0) is 16.4. The van der Waals surface area contributed by atoms with Gasteiger partial charge in [0.15, 0.2) is 0 Å². The fourth-order valence-corrected chi connectivity index (χ4v) is 2.79. The molecule has 2 heterocycles. The molecule has 10 nitrogen and oxygen atoms in total. The summed E-state index contributed by atoms with van der Waals surface area (Å²) in [4.78, 5) is 32.6. The molecular weight excluding hydrogens is 288 g/mol. The van der Waals surface area contributed by atoms with Gasteiger partial charge in [0.05, 0.1) is 11.1 Å². The van der Waals surface area contributed by atoms with E-state index in [1.54, 1.807) is 0 Å². The summed E-state index contributed by atoms with van der Waals surface area (Å²) in [6, 6.07) is 0. The monoisotopic (exact) mass is 306 g/mol. The first kappa shape index (κ1) is 15.9. The Bertz CT molecular complexity index is 526. The Balaban J connectivity index is 1.92. The number of amides is 2. The fourth-order valence-electron chi connectivity index (χ4n) is 2.79. The number of carbonyl (C=O) groups excluding carboxylic acids is 2.